The molecule has 0 bridgehead atoms. The van der Waals surface area contributed by atoms with E-state index in [1.165, 1.54) is 42.6 Å². The van der Waals surface area contributed by atoms with Crippen LogP contribution in [0.3, 0.4) is 0 Å². The Kier molecular flexibility index (Phi) is 7.47. The number of H-pyrrole nitrogens is 1. The summed E-state index contributed by atoms with van der Waals surface area (Å²) in [6.07, 6.45) is 1.31. The van der Waals surface area contributed by atoms with Gasteiger partial charge in [0.1, 0.15) is 11.4 Å². The van der Waals surface area contributed by atoms with Crippen molar-refractivity contribution in [3.8, 4) is 0 Å². The van der Waals surface area contributed by atoms with Crippen molar-refractivity contribution in [2.75, 3.05) is 24.9 Å². The fourth-order valence-corrected chi connectivity index (χ4v) is 4.80. The molecule has 1 heterocycles. The number of pyridine rings is 1. The molecule has 0 aliphatic heterocycles. The van der Waals surface area contributed by atoms with Gasteiger partial charge in [0, 0.05) is 36.7 Å². The van der Waals surface area contributed by atoms with Crippen molar-refractivity contribution in [2.45, 2.75) is 11.4 Å². The predicted molar refractivity (Wildman–Crippen MR) is 137 cm³/mol. The van der Waals surface area contributed by atoms with Gasteiger partial charge in [0.05, 0.1) is 10.6 Å². The van der Waals surface area contributed by atoms with Gasteiger partial charge in [-0.3, -0.25) is 14.3 Å². The summed E-state index contributed by atoms with van der Waals surface area (Å²) in [6.45, 7) is 1.60. The summed E-state index contributed by atoms with van der Waals surface area (Å²) < 4.78 is 41.7. The lowest BCUT2D eigenvalue weighted by molar-refractivity contribution is 0.0948. The maximum Gasteiger partial charge on any atom is 0.262 e. The van der Waals surface area contributed by atoms with E-state index < -0.39 is 27.2 Å². The highest BCUT2D eigenvalue weighted by Gasteiger charge is 2.19. The number of anilines is 1. The Morgan fingerprint density at radius 1 is 1.03 bits per heavy atom. The summed E-state index contributed by atoms with van der Waals surface area (Å²) in [5, 5.41) is 2.76. The number of rotatable bonds is 9. The van der Waals surface area contributed by atoms with Crippen molar-refractivity contribution < 1.29 is 17.6 Å². The molecule has 36 heavy (non-hydrogen) atoms. The van der Waals surface area contributed by atoms with E-state index in [1.807, 2.05) is 42.3 Å². The van der Waals surface area contributed by atoms with Crippen LogP contribution in [0.2, 0.25) is 0 Å². The van der Waals surface area contributed by atoms with E-state index in [4.69, 9.17) is 0 Å². The molecule has 3 N–H and O–H groups in total. The van der Waals surface area contributed by atoms with Crippen LogP contribution in [-0.2, 0) is 16.6 Å². The van der Waals surface area contributed by atoms with Crippen LogP contribution in [0.15, 0.2) is 88.7 Å². The molecular weight excluding hydrogens is 483 g/mol. The van der Waals surface area contributed by atoms with Crippen LogP contribution in [0.25, 0.3) is 10.9 Å². The molecule has 0 fully saturated rings. The molecule has 0 radical (unpaired) electrons. The lowest BCUT2D eigenvalue weighted by atomic mass is 10.1. The average molecular weight is 509 g/mol. The number of fused-ring (bicyclic) bond motifs is 1. The Balaban J connectivity index is 1.48. The minimum Gasteiger partial charge on any atom is -0.360 e. The van der Waals surface area contributed by atoms with Gasteiger partial charge in [0.25, 0.3) is 15.9 Å². The number of aromatic nitrogens is 1. The Labute approximate surface area is 207 Å². The Bertz CT molecular complexity index is 1560. The van der Waals surface area contributed by atoms with E-state index in [1.54, 1.807) is 0 Å². The van der Waals surface area contributed by atoms with Crippen molar-refractivity contribution in [3.05, 3.63) is 106 Å². The Morgan fingerprint density at radius 2 is 1.75 bits per heavy atom. The molecule has 1 aromatic heterocycles. The number of benzene rings is 3. The SMILES string of the molecule is CN(CCNC(=O)c1c[nH]c2ccc(S(=O)(=O)Nc3ccccc3F)cc2c1=O)Cc1ccccc1. The molecule has 0 unspecified atom stereocenters. The highest BCUT2D eigenvalue weighted by atomic mass is 32.2. The predicted octanol–water partition coefficient (Wildman–Crippen LogP) is 3.33. The number of amides is 1. The average Bonchev–Trinajstić information content (AvgIpc) is 2.86. The van der Waals surface area contributed by atoms with Crippen molar-refractivity contribution in [1.29, 1.82) is 0 Å². The van der Waals surface area contributed by atoms with Crippen LogP contribution >= 0.6 is 0 Å². The van der Waals surface area contributed by atoms with E-state index in [0.717, 1.165) is 11.6 Å². The topological polar surface area (TPSA) is 111 Å². The van der Waals surface area contributed by atoms with Gasteiger partial charge in [-0.2, -0.15) is 0 Å². The van der Waals surface area contributed by atoms with Crippen LogP contribution < -0.4 is 15.5 Å². The van der Waals surface area contributed by atoms with E-state index in [0.29, 0.717) is 25.2 Å². The van der Waals surface area contributed by atoms with Gasteiger partial charge in [0.15, 0.2) is 0 Å². The number of nitrogens with zero attached hydrogens (tertiary/aromatic N) is 1. The van der Waals surface area contributed by atoms with Crippen LogP contribution in [0.5, 0.6) is 0 Å². The minimum atomic E-state index is -4.18. The first-order valence-corrected chi connectivity index (χ1v) is 12.7. The number of carbonyl (C=O) groups excluding carboxylic acids is 1. The summed E-state index contributed by atoms with van der Waals surface area (Å²) in [7, 11) is -2.25. The van der Waals surface area contributed by atoms with Gasteiger partial charge < -0.3 is 15.2 Å². The fourth-order valence-electron chi connectivity index (χ4n) is 3.71. The van der Waals surface area contributed by atoms with Gasteiger partial charge in [-0.25, -0.2) is 12.8 Å². The third-order valence-corrected chi connectivity index (χ3v) is 6.96. The summed E-state index contributed by atoms with van der Waals surface area (Å²) in [5.41, 5.74) is 0.556. The molecule has 1 amide bonds. The molecule has 4 rings (SSSR count). The van der Waals surface area contributed by atoms with Crippen molar-refractivity contribution >= 4 is 32.5 Å². The molecule has 0 atom stereocenters. The third-order valence-electron chi connectivity index (χ3n) is 5.60. The zero-order valence-corrected chi connectivity index (χ0v) is 20.3. The van der Waals surface area contributed by atoms with Gasteiger partial charge in [0.2, 0.25) is 5.43 Å². The molecule has 0 saturated heterocycles. The molecule has 10 heteroatoms. The number of likely N-dealkylation sites (N-methyl/N-ethyl adjacent to an activating group) is 1. The van der Waals surface area contributed by atoms with E-state index in [-0.39, 0.29) is 21.5 Å². The first kappa shape index (κ1) is 25.1. The van der Waals surface area contributed by atoms with Gasteiger partial charge in [-0.1, -0.05) is 42.5 Å². The number of hydrogen-bond acceptors (Lipinski definition) is 5. The highest BCUT2D eigenvalue weighted by molar-refractivity contribution is 7.92. The van der Waals surface area contributed by atoms with E-state index in [9.17, 15) is 22.4 Å². The lowest BCUT2D eigenvalue weighted by Gasteiger charge is -2.17. The first-order valence-electron chi connectivity index (χ1n) is 11.2. The van der Waals surface area contributed by atoms with Crippen LogP contribution in [0.1, 0.15) is 15.9 Å². The number of halogens is 1. The number of carbonyl (C=O) groups is 1. The minimum absolute atomic E-state index is 0.0280. The number of aromatic amines is 1. The highest BCUT2D eigenvalue weighted by Crippen LogP contribution is 2.21. The van der Waals surface area contributed by atoms with Gasteiger partial charge in [-0.05, 0) is 42.9 Å². The van der Waals surface area contributed by atoms with Crippen molar-refractivity contribution in [3.63, 3.8) is 0 Å². The van der Waals surface area contributed by atoms with Crippen LogP contribution in [-0.4, -0.2) is 44.3 Å². The molecule has 0 aliphatic rings. The summed E-state index contributed by atoms with van der Waals surface area (Å²) in [6, 6.07) is 19.2. The molecule has 186 valence electrons. The number of nitrogens with one attached hydrogen (secondary N) is 3. The Hall–Kier alpha value is -4.02. The molecule has 4 aromatic rings. The molecule has 0 spiro atoms. The maximum atomic E-state index is 13.9. The lowest BCUT2D eigenvalue weighted by Crippen LogP contribution is -2.35. The maximum absolute atomic E-state index is 13.9. The standard InChI is InChI=1S/C26H25FN4O4S/c1-31(17-18-7-3-2-4-8-18)14-13-28-26(33)21-16-29-23-12-11-19(15-20(23)25(21)32)36(34,35)30-24-10-6-5-9-22(24)27/h2-12,15-16,30H,13-14,17H2,1H3,(H,28,33)(H,29,32). The second-order valence-corrected chi connectivity index (χ2v) is 9.99. The van der Waals surface area contributed by atoms with Crippen LogP contribution in [0.4, 0.5) is 10.1 Å². The van der Waals surface area contributed by atoms with Crippen LogP contribution in [0, 0.1) is 5.82 Å². The second kappa shape index (κ2) is 10.7. The number of para-hydroxylation sites is 1. The third kappa shape index (κ3) is 5.78. The second-order valence-electron chi connectivity index (χ2n) is 8.30. The Morgan fingerprint density at radius 3 is 2.50 bits per heavy atom. The fraction of sp³-hybridized carbons (Fsp3) is 0.154. The molecule has 3 aromatic carbocycles. The molecule has 8 nitrogen and oxygen atoms in total. The molecule has 0 aliphatic carbocycles. The summed E-state index contributed by atoms with van der Waals surface area (Å²) in [5.74, 6) is -1.29. The molecule has 0 saturated carbocycles. The summed E-state index contributed by atoms with van der Waals surface area (Å²) >= 11 is 0. The smallest absolute Gasteiger partial charge is 0.262 e. The number of hydrogen-bond donors (Lipinski definition) is 3. The van der Waals surface area contributed by atoms with E-state index in [2.05, 4.69) is 15.0 Å². The van der Waals surface area contributed by atoms with Gasteiger partial charge in [-0.15, -0.1) is 0 Å². The quantitative estimate of drug-likeness (QED) is 0.321. The normalized spacial score (nSPS) is 11.5. The number of sulfonamides is 1. The first-order chi connectivity index (χ1) is 17.2. The monoisotopic (exact) mass is 508 g/mol. The largest absolute Gasteiger partial charge is 0.360 e. The molecular formula is C26H25FN4O4S. The van der Waals surface area contributed by atoms with Crippen molar-refractivity contribution in [2.24, 2.45) is 0 Å². The van der Waals surface area contributed by atoms with E-state index >= 15 is 0 Å². The zero-order chi connectivity index (χ0) is 25.7. The zero-order valence-electron chi connectivity index (χ0n) is 19.5. The summed E-state index contributed by atoms with van der Waals surface area (Å²) in [4.78, 5) is 30.4. The van der Waals surface area contributed by atoms with Crippen molar-refractivity contribution in [1.82, 2.24) is 15.2 Å². The van der Waals surface area contributed by atoms with Gasteiger partial charge >= 0.3 is 0 Å².